The standard InChI is InChI=1S/C33H28NO4/c1-34-18-27-31(24-14-13-23-15-28(35-2)29(36-3)17-26(23)32(24)34)25(16-30-33(27)38-19-37-30)22-11-9-21(10-12-22)20-7-5-4-6-8-20/h4-18,24,32H,19H2,1-3H3/q+1. The van der Waals surface area contributed by atoms with Gasteiger partial charge in [-0.05, 0) is 51.6 Å². The molecule has 0 saturated heterocycles. The van der Waals surface area contributed by atoms with Crippen molar-refractivity contribution >= 4 is 12.3 Å². The quantitative estimate of drug-likeness (QED) is 0.292. The third kappa shape index (κ3) is 3.42. The predicted octanol–water partition coefficient (Wildman–Crippen LogP) is 6.69. The molecule has 0 amide bonds. The summed E-state index contributed by atoms with van der Waals surface area (Å²) in [4.78, 5) is 0. The van der Waals surface area contributed by atoms with Crippen LogP contribution in [0.5, 0.6) is 23.0 Å². The SMILES string of the molecule is COc1cc2c(cc1OC)C1C(C=C2)c2c(-c3ccc(-c4ccccc4)cc3)cc3c(c2C=[N+]1C)OCO3. The lowest BCUT2D eigenvalue weighted by molar-refractivity contribution is -0.544. The zero-order chi connectivity index (χ0) is 25.8. The van der Waals surface area contributed by atoms with Gasteiger partial charge < -0.3 is 18.9 Å². The van der Waals surface area contributed by atoms with Gasteiger partial charge in [0.05, 0.1) is 25.7 Å². The van der Waals surface area contributed by atoms with Gasteiger partial charge in [0, 0.05) is 5.56 Å². The molecule has 0 fully saturated rings. The van der Waals surface area contributed by atoms with Gasteiger partial charge in [-0.1, -0.05) is 66.7 Å². The van der Waals surface area contributed by atoms with E-state index in [0.29, 0.717) is 0 Å². The van der Waals surface area contributed by atoms with Gasteiger partial charge in [-0.2, -0.15) is 0 Å². The highest BCUT2D eigenvalue weighted by molar-refractivity contribution is 5.92. The summed E-state index contributed by atoms with van der Waals surface area (Å²) in [6.45, 7) is 0.236. The minimum absolute atomic E-state index is 0.102. The molecule has 7 rings (SSSR count). The number of nitrogens with zero attached hydrogens (tertiary/aromatic N) is 1. The molecule has 3 aliphatic rings. The first-order valence-electron chi connectivity index (χ1n) is 12.8. The summed E-state index contributed by atoms with van der Waals surface area (Å²) < 4.78 is 25.4. The van der Waals surface area contributed by atoms with Gasteiger partial charge in [0.1, 0.15) is 7.05 Å². The molecule has 5 heteroatoms. The van der Waals surface area contributed by atoms with Crippen LogP contribution in [0.1, 0.15) is 34.2 Å². The minimum Gasteiger partial charge on any atom is -0.493 e. The summed E-state index contributed by atoms with van der Waals surface area (Å²) >= 11 is 0. The molecular formula is C33H28NO4+. The van der Waals surface area contributed by atoms with Crippen LogP contribution in [-0.2, 0) is 0 Å². The first-order chi connectivity index (χ1) is 18.7. The van der Waals surface area contributed by atoms with E-state index in [1.54, 1.807) is 14.2 Å². The number of ether oxygens (including phenoxy) is 4. The Morgan fingerprint density at radius 1 is 0.816 bits per heavy atom. The normalized spacial score (nSPS) is 18.2. The molecule has 38 heavy (non-hydrogen) atoms. The number of rotatable bonds is 4. The van der Waals surface area contributed by atoms with Gasteiger partial charge in [0.25, 0.3) is 0 Å². The molecule has 2 aliphatic heterocycles. The molecule has 5 nitrogen and oxygen atoms in total. The highest BCUT2D eigenvalue weighted by atomic mass is 16.7. The Morgan fingerprint density at radius 3 is 2.29 bits per heavy atom. The van der Waals surface area contributed by atoms with E-state index in [-0.39, 0.29) is 18.8 Å². The van der Waals surface area contributed by atoms with Crippen molar-refractivity contribution in [3.63, 3.8) is 0 Å². The van der Waals surface area contributed by atoms with Gasteiger partial charge in [-0.3, -0.25) is 0 Å². The molecule has 1 aliphatic carbocycles. The van der Waals surface area contributed by atoms with E-state index < -0.39 is 0 Å². The highest BCUT2D eigenvalue weighted by Crippen LogP contribution is 2.53. The van der Waals surface area contributed by atoms with Crippen molar-refractivity contribution < 1.29 is 23.5 Å². The predicted molar refractivity (Wildman–Crippen MR) is 149 cm³/mol. The molecule has 2 atom stereocenters. The van der Waals surface area contributed by atoms with Crippen molar-refractivity contribution in [3.05, 3.63) is 101 Å². The Bertz CT molecular complexity index is 1620. The first kappa shape index (κ1) is 22.7. The molecule has 2 unspecified atom stereocenters. The molecule has 0 aromatic heterocycles. The van der Waals surface area contributed by atoms with Gasteiger partial charge in [0.2, 0.25) is 6.79 Å². The van der Waals surface area contributed by atoms with Crippen molar-refractivity contribution in [2.24, 2.45) is 0 Å². The maximum atomic E-state index is 5.99. The minimum atomic E-state index is 0.102. The molecule has 4 aromatic rings. The lowest BCUT2D eigenvalue weighted by Crippen LogP contribution is -2.30. The molecule has 0 radical (unpaired) electrons. The smallest absolute Gasteiger partial charge is 0.231 e. The van der Waals surface area contributed by atoms with Crippen LogP contribution in [0.15, 0.2) is 78.9 Å². The number of fused-ring (bicyclic) bond motifs is 7. The molecular weight excluding hydrogens is 474 g/mol. The fourth-order valence-electron chi connectivity index (χ4n) is 6.11. The van der Waals surface area contributed by atoms with Crippen LogP contribution < -0.4 is 18.9 Å². The lowest BCUT2D eigenvalue weighted by atomic mass is 9.74. The number of benzene rings is 4. The maximum absolute atomic E-state index is 5.99. The van der Waals surface area contributed by atoms with Crippen molar-refractivity contribution in [2.45, 2.75) is 12.0 Å². The number of methoxy groups -OCH3 is 2. The fraction of sp³-hybridized carbons (Fsp3) is 0.182. The van der Waals surface area contributed by atoms with Crippen molar-refractivity contribution in [1.82, 2.24) is 0 Å². The van der Waals surface area contributed by atoms with Crippen LogP contribution in [-0.4, -0.2) is 38.9 Å². The van der Waals surface area contributed by atoms with Crippen molar-refractivity contribution in [2.75, 3.05) is 28.1 Å². The maximum Gasteiger partial charge on any atom is 0.231 e. The number of hydrogen-bond acceptors (Lipinski definition) is 4. The topological polar surface area (TPSA) is 39.9 Å². The molecule has 2 heterocycles. The monoisotopic (exact) mass is 502 g/mol. The average Bonchev–Trinajstić information content (AvgIpc) is 3.45. The number of hydrogen-bond donors (Lipinski definition) is 0. The van der Waals surface area contributed by atoms with Crippen LogP contribution >= 0.6 is 0 Å². The Morgan fingerprint density at radius 2 is 1.53 bits per heavy atom. The van der Waals surface area contributed by atoms with E-state index in [4.69, 9.17) is 18.9 Å². The van der Waals surface area contributed by atoms with Crippen LogP contribution in [0.2, 0.25) is 0 Å². The van der Waals surface area contributed by atoms with Crippen LogP contribution in [0.25, 0.3) is 28.3 Å². The van der Waals surface area contributed by atoms with E-state index in [1.807, 2.05) is 6.07 Å². The summed E-state index contributed by atoms with van der Waals surface area (Å²) in [6, 6.07) is 25.7. The second-order valence-corrected chi connectivity index (χ2v) is 9.89. The Labute approximate surface area is 222 Å². The Kier molecular flexibility index (Phi) is 5.25. The third-order valence-corrected chi connectivity index (χ3v) is 7.88. The van der Waals surface area contributed by atoms with E-state index in [1.165, 1.54) is 22.3 Å². The molecule has 188 valence electrons. The molecule has 0 bridgehead atoms. The fourth-order valence-corrected chi connectivity index (χ4v) is 6.11. The van der Waals surface area contributed by atoms with E-state index in [9.17, 15) is 0 Å². The lowest BCUT2D eigenvalue weighted by Gasteiger charge is -2.33. The zero-order valence-corrected chi connectivity index (χ0v) is 21.6. The van der Waals surface area contributed by atoms with Crippen molar-refractivity contribution in [3.8, 4) is 45.3 Å². The zero-order valence-electron chi connectivity index (χ0n) is 21.6. The average molecular weight is 503 g/mol. The number of likely N-dealkylation sites (N-methyl/N-ethyl adjacent to an activating group) is 1. The van der Waals surface area contributed by atoms with Crippen LogP contribution in [0, 0.1) is 0 Å². The molecule has 4 aromatic carbocycles. The van der Waals surface area contributed by atoms with E-state index >= 15 is 0 Å². The second kappa shape index (κ2) is 8.80. The van der Waals surface area contributed by atoms with E-state index in [0.717, 1.165) is 45.3 Å². The Hall–Kier alpha value is -4.51. The van der Waals surface area contributed by atoms with Gasteiger partial charge in [-0.25, -0.2) is 4.58 Å². The van der Waals surface area contributed by atoms with Crippen LogP contribution in [0.3, 0.4) is 0 Å². The summed E-state index contributed by atoms with van der Waals surface area (Å²) in [6.07, 6.45) is 6.71. The van der Waals surface area contributed by atoms with Crippen LogP contribution in [0.4, 0.5) is 0 Å². The Balaban J connectivity index is 1.40. The first-order valence-corrected chi connectivity index (χ1v) is 12.8. The summed E-state index contributed by atoms with van der Waals surface area (Å²) in [5, 5.41) is 0. The molecule has 0 N–H and O–H groups in total. The highest BCUT2D eigenvalue weighted by Gasteiger charge is 2.43. The van der Waals surface area contributed by atoms with Gasteiger partial charge in [0.15, 0.2) is 35.3 Å². The van der Waals surface area contributed by atoms with Gasteiger partial charge >= 0.3 is 0 Å². The van der Waals surface area contributed by atoms with Gasteiger partial charge in [-0.15, -0.1) is 0 Å². The third-order valence-electron chi connectivity index (χ3n) is 7.88. The summed E-state index contributed by atoms with van der Waals surface area (Å²) in [5.74, 6) is 3.20. The molecule has 0 saturated carbocycles. The molecule has 0 spiro atoms. The summed E-state index contributed by atoms with van der Waals surface area (Å²) in [7, 11) is 5.49. The second-order valence-electron chi connectivity index (χ2n) is 9.89. The van der Waals surface area contributed by atoms with E-state index in [2.05, 4.69) is 96.7 Å². The largest absolute Gasteiger partial charge is 0.493 e. The summed E-state index contributed by atoms with van der Waals surface area (Å²) in [5.41, 5.74) is 9.41. The van der Waals surface area contributed by atoms with Crippen molar-refractivity contribution in [1.29, 1.82) is 0 Å².